The van der Waals surface area contributed by atoms with E-state index in [0.717, 1.165) is 4.88 Å². The number of phenolic OH excluding ortho intramolecular Hbond substituents is 1. The lowest BCUT2D eigenvalue weighted by Gasteiger charge is -2.26. The molecule has 8 heteroatoms. The summed E-state index contributed by atoms with van der Waals surface area (Å²) >= 11 is 1.47. The number of fused-ring (bicyclic) bond motifs is 1. The highest BCUT2D eigenvalue weighted by molar-refractivity contribution is 7.09. The lowest BCUT2D eigenvalue weighted by atomic mass is 9.95. The van der Waals surface area contributed by atoms with Crippen LogP contribution in [0.25, 0.3) is 11.0 Å². The van der Waals surface area contributed by atoms with Gasteiger partial charge in [0.1, 0.15) is 5.75 Å². The fourth-order valence-corrected chi connectivity index (χ4v) is 4.80. The first-order valence-corrected chi connectivity index (χ1v) is 11.0. The Balaban J connectivity index is 1.62. The summed E-state index contributed by atoms with van der Waals surface area (Å²) in [5, 5.41) is 23.4. The monoisotopic (exact) mass is 461 g/mol. The van der Waals surface area contributed by atoms with Crippen molar-refractivity contribution in [3.05, 3.63) is 93.6 Å². The zero-order valence-electron chi connectivity index (χ0n) is 17.5. The molecule has 1 aliphatic rings. The molecule has 166 valence electrons. The molecular weight excluding hydrogens is 442 g/mol. The first-order valence-electron chi connectivity index (χ1n) is 10.1. The Hall–Kier alpha value is -4.04. The zero-order chi connectivity index (χ0) is 23.1. The van der Waals surface area contributed by atoms with Gasteiger partial charge in [0, 0.05) is 10.3 Å². The van der Waals surface area contributed by atoms with Gasteiger partial charge in [-0.05, 0) is 41.3 Å². The number of thiophene rings is 1. The molecule has 1 amide bonds. The van der Waals surface area contributed by atoms with Gasteiger partial charge < -0.3 is 24.3 Å². The summed E-state index contributed by atoms with van der Waals surface area (Å²) in [6.07, 6.45) is 0. The largest absolute Gasteiger partial charge is 0.508 e. The number of methoxy groups -OCH3 is 1. The third-order valence-corrected chi connectivity index (χ3v) is 6.45. The molecule has 1 atom stereocenters. The number of carbonyl (C=O) groups is 2. The fourth-order valence-electron chi connectivity index (χ4n) is 4.10. The van der Waals surface area contributed by atoms with Gasteiger partial charge >= 0.3 is 0 Å². The molecule has 2 N–H and O–H groups in total. The minimum atomic E-state index is -0.894. The van der Waals surface area contributed by atoms with Crippen molar-refractivity contribution in [1.29, 1.82) is 0 Å². The van der Waals surface area contributed by atoms with Crippen LogP contribution in [0.4, 0.5) is 0 Å². The molecule has 2 aromatic heterocycles. The maximum Gasteiger partial charge on any atom is 0.290 e. The van der Waals surface area contributed by atoms with Crippen LogP contribution in [0.2, 0.25) is 0 Å². The van der Waals surface area contributed by atoms with E-state index >= 15 is 0 Å². The van der Waals surface area contributed by atoms with Crippen LogP contribution < -0.4 is 4.74 Å². The van der Waals surface area contributed by atoms with Crippen molar-refractivity contribution in [2.45, 2.75) is 12.6 Å². The zero-order valence-corrected chi connectivity index (χ0v) is 18.3. The van der Waals surface area contributed by atoms with E-state index in [0.29, 0.717) is 22.3 Å². The highest BCUT2D eigenvalue weighted by atomic mass is 32.1. The molecule has 4 aromatic rings. The number of aromatic hydroxyl groups is 1. The first kappa shape index (κ1) is 20.8. The van der Waals surface area contributed by atoms with Crippen LogP contribution in [0.3, 0.4) is 0 Å². The Kier molecular flexibility index (Phi) is 5.14. The van der Waals surface area contributed by atoms with Crippen LogP contribution in [0.1, 0.15) is 27.0 Å². The predicted molar refractivity (Wildman–Crippen MR) is 122 cm³/mol. The maximum atomic E-state index is 13.6. The molecule has 0 radical (unpaired) electrons. The maximum absolute atomic E-state index is 13.6. The third kappa shape index (κ3) is 3.54. The molecule has 0 saturated carbocycles. The van der Waals surface area contributed by atoms with Crippen LogP contribution in [-0.4, -0.2) is 33.9 Å². The van der Waals surface area contributed by atoms with Crippen LogP contribution in [0.5, 0.6) is 11.5 Å². The number of hydrogen-bond donors (Lipinski definition) is 2. The number of aliphatic hydroxyl groups is 1. The summed E-state index contributed by atoms with van der Waals surface area (Å²) in [5.74, 6) is -1.46. The van der Waals surface area contributed by atoms with Crippen molar-refractivity contribution in [2.24, 2.45) is 0 Å². The molecule has 0 spiro atoms. The van der Waals surface area contributed by atoms with Crippen LogP contribution in [0.15, 0.2) is 81.8 Å². The van der Waals surface area contributed by atoms with Gasteiger partial charge in [-0.25, -0.2) is 0 Å². The van der Waals surface area contributed by atoms with E-state index in [1.54, 1.807) is 36.4 Å². The Morgan fingerprint density at radius 1 is 1.12 bits per heavy atom. The lowest BCUT2D eigenvalue weighted by Crippen LogP contribution is -2.30. The molecule has 0 saturated heterocycles. The van der Waals surface area contributed by atoms with Crippen molar-refractivity contribution in [2.75, 3.05) is 7.11 Å². The molecule has 0 aliphatic carbocycles. The molecule has 7 nitrogen and oxygen atoms in total. The van der Waals surface area contributed by atoms with Crippen molar-refractivity contribution < 1.29 is 29.0 Å². The smallest absolute Gasteiger partial charge is 0.290 e. The minimum absolute atomic E-state index is 0.0114. The van der Waals surface area contributed by atoms with Crippen LogP contribution in [0, 0.1) is 0 Å². The third-order valence-electron chi connectivity index (χ3n) is 5.59. The Morgan fingerprint density at radius 2 is 1.94 bits per heavy atom. The van der Waals surface area contributed by atoms with Gasteiger partial charge in [0.2, 0.25) is 5.78 Å². The van der Waals surface area contributed by atoms with Gasteiger partial charge in [0.15, 0.2) is 22.9 Å². The number of ether oxygens (including phenoxy) is 1. The van der Waals surface area contributed by atoms with Crippen LogP contribution in [-0.2, 0) is 11.3 Å². The van der Waals surface area contributed by atoms with Gasteiger partial charge in [0.25, 0.3) is 5.91 Å². The molecule has 3 heterocycles. The molecule has 5 rings (SSSR count). The van der Waals surface area contributed by atoms with Gasteiger partial charge in [-0.2, -0.15) is 0 Å². The second-order valence-electron chi connectivity index (χ2n) is 7.59. The van der Waals surface area contributed by atoms with E-state index in [9.17, 15) is 19.8 Å². The Labute approximate surface area is 192 Å². The van der Waals surface area contributed by atoms with E-state index in [-0.39, 0.29) is 23.6 Å². The number of benzene rings is 2. The number of hydrogen-bond acceptors (Lipinski definition) is 7. The van der Waals surface area contributed by atoms with Gasteiger partial charge in [-0.1, -0.05) is 30.3 Å². The molecule has 0 fully saturated rings. The molecule has 2 aromatic carbocycles. The lowest BCUT2D eigenvalue weighted by molar-refractivity contribution is -0.130. The predicted octanol–water partition coefficient (Wildman–Crippen LogP) is 4.99. The number of furan rings is 1. The molecule has 33 heavy (non-hydrogen) atoms. The molecule has 0 bridgehead atoms. The van der Waals surface area contributed by atoms with Gasteiger partial charge in [-0.15, -0.1) is 11.3 Å². The summed E-state index contributed by atoms with van der Waals surface area (Å²) in [6, 6.07) is 16.0. The number of aliphatic hydroxyl groups excluding tert-OH is 1. The highest BCUT2D eigenvalue weighted by Crippen LogP contribution is 2.42. The highest BCUT2D eigenvalue weighted by Gasteiger charge is 2.44. The average Bonchev–Trinajstić information content (AvgIpc) is 3.54. The van der Waals surface area contributed by atoms with Crippen molar-refractivity contribution >= 4 is 34.0 Å². The van der Waals surface area contributed by atoms with Crippen molar-refractivity contribution in [1.82, 2.24) is 4.90 Å². The summed E-state index contributed by atoms with van der Waals surface area (Å²) in [6.45, 7) is 0.200. The molecule has 1 aliphatic heterocycles. The number of carbonyl (C=O) groups excluding carboxylic acids is 2. The summed E-state index contributed by atoms with van der Waals surface area (Å²) in [5.41, 5.74) is 0.804. The second-order valence-corrected chi connectivity index (χ2v) is 8.62. The van der Waals surface area contributed by atoms with Crippen molar-refractivity contribution in [3.63, 3.8) is 0 Å². The van der Waals surface area contributed by atoms with E-state index < -0.39 is 23.5 Å². The number of ketones is 1. The quantitative estimate of drug-likeness (QED) is 0.393. The van der Waals surface area contributed by atoms with E-state index in [4.69, 9.17) is 9.15 Å². The SMILES string of the molecule is COc1cccc2cc(C(=O)C3=C(O)C(=O)N(Cc4cccs4)C3c3cccc(O)c3)oc12. The fraction of sp³-hybridized carbons (Fsp3) is 0.120. The number of rotatable bonds is 6. The number of nitrogens with zero attached hydrogens (tertiary/aromatic N) is 1. The number of amides is 1. The van der Waals surface area contributed by atoms with Crippen LogP contribution >= 0.6 is 11.3 Å². The van der Waals surface area contributed by atoms with E-state index in [1.807, 2.05) is 17.5 Å². The molecular formula is C25H19NO6S. The Bertz CT molecular complexity index is 1400. The average molecular weight is 461 g/mol. The summed E-state index contributed by atoms with van der Waals surface area (Å²) in [7, 11) is 1.50. The normalized spacial score (nSPS) is 16.1. The summed E-state index contributed by atoms with van der Waals surface area (Å²) in [4.78, 5) is 29.0. The topological polar surface area (TPSA) is 100 Å². The Morgan fingerprint density at radius 3 is 2.67 bits per heavy atom. The van der Waals surface area contributed by atoms with E-state index in [2.05, 4.69) is 0 Å². The minimum Gasteiger partial charge on any atom is -0.508 e. The summed E-state index contributed by atoms with van der Waals surface area (Å²) < 4.78 is 11.1. The molecule has 1 unspecified atom stereocenters. The van der Waals surface area contributed by atoms with Gasteiger partial charge in [0.05, 0.1) is 25.3 Å². The van der Waals surface area contributed by atoms with Crippen molar-refractivity contribution in [3.8, 4) is 11.5 Å². The number of para-hydroxylation sites is 1. The standard InChI is InChI=1S/C25H19NO6S/c1-31-18-9-3-6-15-12-19(32-24(15)18)22(28)20-21(14-5-2-7-16(27)11-14)26(25(30)23(20)29)13-17-8-4-10-33-17/h2-12,21,27,29H,13H2,1H3. The van der Waals surface area contributed by atoms with Gasteiger partial charge in [-0.3, -0.25) is 9.59 Å². The number of phenols is 1. The number of Topliss-reactive ketones (excluding diaryl/α,β-unsaturated/α-hetero) is 1. The van der Waals surface area contributed by atoms with E-state index in [1.165, 1.54) is 35.5 Å². The first-order chi connectivity index (χ1) is 16.0. The second kappa shape index (κ2) is 8.14.